The molecule has 10 nitrogen and oxygen atoms in total. The van der Waals surface area contributed by atoms with E-state index in [0.717, 1.165) is 11.1 Å². The van der Waals surface area contributed by atoms with Gasteiger partial charge in [-0.25, -0.2) is 9.59 Å². The molecule has 2 aromatic rings. The Bertz CT molecular complexity index is 1080. The van der Waals surface area contributed by atoms with Crippen molar-refractivity contribution >= 4 is 18.0 Å². The molecule has 0 saturated carbocycles. The molecule has 0 bridgehead atoms. The van der Waals surface area contributed by atoms with E-state index in [1.165, 1.54) is 7.11 Å². The van der Waals surface area contributed by atoms with Gasteiger partial charge in [0.2, 0.25) is 0 Å². The molecule has 13 heteroatoms. The predicted octanol–water partition coefficient (Wildman–Crippen LogP) is 4.26. The first kappa shape index (κ1) is 34.0. The molecule has 2 aromatic carbocycles. The number of carboxylic acids is 2. The summed E-state index contributed by atoms with van der Waals surface area (Å²) in [6, 6.07) is 13.6. The Morgan fingerprint density at radius 3 is 2.02 bits per heavy atom. The summed E-state index contributed by atoms with van der Waals surface area (Å²) >= 11 is 0. The zero-order chi connectivity index (χ0) is 30.3. The van der Waals surface area contributed by atoms with Crippen molar-refractivity contribution in [3.05, 3.63) is 59.7 Å². The van der Waals surface area contributed by atoms with Crippen molar-refractivity contribution in [1.29, 1.82) is 0 Å². The quantitative estimate of drug-likeness (QED) is 0.277. The highest BCUT2D eigenvalue weighted by Crippen LogP contribution is 2.28. The van der Waals surface area contributed by atoms with Crippen LogP contribution in [0.4, 0.5) is 18.0 Å². The maximum absolute atomic E-state index is 12.3. The van der Waals surface area contributed by atoms with Gasteiger partial charge in [-0.2, -0.15) is 13.2 Å². The second-order valence-electron chi connectivity index (χ2n) is 9.03. The lowest BCUT2D eigenvalue weighted by Gasteiger charge is -2.23. The normalized spacial score (nSPS) is 12.4. The molecular formula is C27H35F3N2O8. The van der Waals surface area contributed by atoms with Gasteiger partial charge >= 0.3 is 24.2 Å². The third-order valence-electron chi connectivity index (χ3n) is 5.33. The lowest BCUT2D eigenvalue weighted by molar-refractivity contribution is -0.192. The van der Waals surface area contributed by atoms with Gasteiger partial charge in [0, 0.05) is 12.6 Å². The number of alkyl halides is 3. The van der Waals surface area contributed by atoms with Crippen molar-refractivity contribution in [2.24, 2.45) is 5.92 Å². The smallest absolute Gasteiger partial charge is 0.490 e. The van der Waals surface area contributed by atoms with E-state index in [-0.39, 0.29) is 19.1 Å². The fourth-order valence-electron chi connectivity index (χ4n) is 3.47. The lowest BCUT2D eigenvalue weighted by atomic mass is 10.0. The lowest BCUT2D eigenvalue weighted by Crippen LogP contribution is -2.48. The van der Waals surface area contributed by atoms with E-state index in [2.05, 4.69) is 10.6 Å². The molecule has 222 valence electrons. The minimum atomic E-state index is -5.08. The van der Waals surface area contributed by atoms with Crippen LogP contribution in [0.2, 0.25) is 0 Å². The van der Waals surface area contributed by atoms with Crippen molar-refractivity contribution in [3.8, 4) is 11.5 Å². The highest BCUT2D eigenvalue weighted by Gasteiger charge is 2.38. The second kappa shape index (κ2) is 16.9. The van der Waals surface area contributed by atoms with Crippen LogP contribution in [0.15, 0.2) is 48.5 Å². The summed E-state index contributed by atoms with van der Waals surface area (Å²) in [5.41, 5.74) is 1.69. The SMILES string of the molecule is COc1ccc(C[C@H](NC[C@@H](CC(C)C)NC(=O)OCc2ccccc2)C(=O)O)cc1OC.O=C(O)C(F)(F)F. The van der Waals surface area contributed by atoms with Gasteiger partial charge in [-0.15, -0.1) is 0 Å². The van der Waals surface area contributed by atoms with Gasteiger partial charge in [0.25, 0.3) is 0 Å². The molecule has 0 unspecified atom stereocenters. The summed E-state index contributed by atoms with van der Waals surface area (Å²) in [6.07, 6.45) is -4.68. The molecule has 40 heavy (non-hydrogen) atoms. The highest BCUT2D eigenvalue weighted by molar-refractivity contribution is 5.74. The number of carboxylic acid groups (broad SMARTS) is 2. The Morgan fingerprint density at radius 1 is 0.925 bits per heavy atom. The van der Waals surface area contributed by atoms with Gasteiger partial charge in [-0.1, -0.05) is 50.2 Å². The highest BCUT2D eigenvalue weighted by atomic mass is 19.4. The zero-order valence-corrected chi connectivity index (χ0v) is 22.7. The minimum Gasteiger partial charge on any atom is -0.493 e. The molecule has 1 amide bonds. The number of nitrogens with one attached hydrogen (secondary N) is 2. The molecule has 0 spiro atoms. The van der Waals surface area contributed by atoms with E-state index in [9.17, 15) is 27.9 Å². The van der Waals surface area contributed by atoms with Crippen LogP contribution in [0, 0.1) is 5.92 Å². The average Bonchev–Trinajstić information content (AvgIpc) is 2.89. The number of halogens is 3. The van der Waals surface area contributed by atoms with Gasteiger partial charge in [0.1, 0.15) is 12.6 Å². The molecule has 0 aromatic heterocycles. The predicted molar refractivity (Wildman–Crippen MR) is 139 cm³/mol. The Balaban J connectivity index is 0.00000101. The summed E-state index contributed by atoms with van der Waals surface area (Å²) < 4.78 is 47.6. The summed E-state index contributed by atoms with van der Waals surface area (Å²) in [5, 5.41) is 22.8. The minimum absolute atomic E-state index is 0.172. The Labute approximate surface area is 230 Å². The molecule has 4 N–H and O–H groups in total. The Morgan fingerprint density at radius 2 is 1.52 bits per heavy atom. The topological polar surface area (TPSA) is 143 Å². The van der Waals surface area contributed by atoms with Crippen molar-refractivity contribution in [2.75, 3.05) is 20.8 Å². The van der Waals surface area contributed by atoms with E-state index in [0.29, 0.717) is 30.4 Å². The number of rotatable bonds is 13. The number of amides is 1. The third-order valence-corrected chi connectivity index (χ3v) is 5.33. The molecule has 2 atom stereocenters. The first-order valence-corrected chi connectivity index (χ1v) is 12.2. The molecule has 0 aliphatic carbocycles. The largest absolute Gasteiger partial charge is 0.493 e. The molecule has 0 radical (unpaired) electrons. The number of alkyl carbamates (subject to hydrolysis) is 1. The van der Waals surface area contributed by atoms with Crippen LogP contribution in [0.1, 0.15) is 31.4 Å². The van der Waals surface area contributed by atoms with Crippen LogP contribution < -0.4 is 20.1 Å². The molecule has 0 fully saturated rings. The number of benzene rings is 2. The number of hydrogen-bond donors (Lipinski definition) is 4. The average molecular weight is 573 g/mol. The Kier molecular flexibility index (Phi) is 14.3. The number of ether oxygens (including phenoxy) is 3. The van der Waals surface area contributed by atoms with Crippen LogP contribution in [0.5, 0.6) is 11.5 Å². The zero-order valence-electron chi connectivity index (χ0n) is 22.7. The summed E-state index contributed by atoms with van der Waals surface area (Å²) in [5.74, 6) is -2.30. The summed E-state index contributed by atoms with van der Waals surface area (Å²) in [7, 11) is 3.08. The van der Waals surface area contributed by atoms with E-state index in [1.54, 1.807) is 19.2 Å². The number of carbonyl (C=O) groups is 3. The van der Waals surface area contributed by atoms with Gasteiger partial charge in [0.15, 0.2) is 11.5 Å². The third kappa shape index (κ3) is 13.2. The first-order valence-electron chi connectivity index (χ1n) is 12.2. The van der Waals surface area contributed by atoms with E-state index >= 15 is 0 Å². The first-order chi connectivity index (χ1) is 18.8. The van der Waals surface area contributed by atoms with Gasteiger partial charge in [-0.3, -0.25) is 4.79 Å². The molecule has 2 rings (SSSR count). The fraction of sp³-hybridized carbons (Fsp3) is 0.444. The number of aliphatic carboxylic acids is 2. The van der Waals surface area contributed by atoms with Crippen LogP contribution >= 0.6 is 0 Å². The van der Waals surface area contributed by atoms with Crippen molar-refractivity contribution in [3.63, 3.8) is 0 Å². The molecule has 0 saturated heterocycles. The number of methoxy groups -OCH3 is 2. The van der Waals surface area contributed by atoms with Crippen LogP contribution in [-0.4, -0.2) is 67.3 Å². The standard InChI is InChI=1S/C25H34N2O6.C2HF3O2/c1-17(2)12-20(27-25(30)33-16-18-8-6-5-7-9-18)15-26-21(24(28)29)13-19-10-11-22(31-3)23(14-19)32-4;3-2(4,5)1(6)7/h5-11,14,17,20-21,26H,12-13,15-16H2,1-4H3,(H,27,30)(H,28,29);(H,6,7)/t20-,21+;/m1./s1. The fourth-order valence-corrected chi connectivity index (χ4v) is 3.47. The van der Waals surface area contributed by atoms with Crippen molar-refractivity contribution in [2.45, 2.75) is 51.6 Å². The number of hydrogen-bond acceptors (Lipinski definition) is 7. The Hall–Kier alpha value is -4.00. The second-order valence-corrected chi connectivity index (χ2v) is 9.03. The molecule has 0 heterocycles. The maximum Gasteiger partial charge on any atom is 0.490 e. The van der Waals surface area contributed by atoms with Crippen LogP contribution in [0.25, 0.3) is 0 Å². The maximum atomic E-state index is 12.3. The van der Waals surface area contributed by atoms with Gasteiger partial charge < -0.3 is 35.1 Å². The van der Waals surface area contributed by atoms with Crippen molar-refractivity contribution in [1.82, 2.24) is 10.6 Å². The van der Waals surface area contributed by atoms with Crippen molar-refractivity contribution < 1.29 is 52.0 Å². The molecule has 0 aliphatic heterocycles. The summed E-state index contributed by atoms with van der Waals surface area (Å²) in [6.45, 7) is 4.55. The molecule has 0 aliphatic rings. The van der Waals surface area contributed by atoms with E-state index in [4.69, 9.17) is 24.1 Å². The van der Waals surface area contributed by atoms with Crippen LogP contribution in [0.3, 0.4) is 0 Å². The number of carbonyl (C=O) groups excluding carboxylic acids is 1. The molecular weight excluding hydrogens is 537 g/mol. The monoisotopic (exact) mass is 572 g/mol. The summed E-state index contributed by atoms with van der Waals surface area (Å²) in [4.78, 5) is 33.1. The van der Waals surface area contributed by atoms with E-state index < -0.39 is 30.2 Å². The van der Waals surface area contributed by atoms with E-state index in [1.807, 2.05) is 50.2 Å². The van der Waals surface area contributed by atoms with Gasteiger partial charge in [-0.05, 0) is 42.0 Å². The van der Waals surface area contributed by atoms with Crippen LogP contribution in [-0.2, 0) is 27.4 Å². The van der Waals surface area contributed by atoms with Gasteiger partial charge in [0.05, 0.1) is 14.2 Å².